The smallest absolute Gasteiger partial charge is 0.349 e. The molecule has 1 atom stereocenters. The number of aliphatic hydroxyl groups excluding tert-OH is 1. The number of rotatable bonds is 5. The molecule has 1 heterocycles. The fourth-order valence-corrected chi connectivity index (χ4v) is 1.78. The molecule has 1 unspecified atom stereocenters. The molecule has 20 heavy (non-hydrogen) atoms. The molecule has 0 aliphatic rings. The van der Waals surface area contributed by atoms with Gasteiger partial charge in [0.1, 0.15) is 11.1 Å². The summed E-state index contributed by atoms with van der Waals surface area (Å²) in [6.07, 6.45) is -0.823. The summed E-state index contributed by atoms with van der Waals surface area (Å²) in [5.74, 6) is -0.584. The van der Waals surface area contributed by atoms with Gasteiger partial charge in [0, 0.05) is 19.0 Å². The highest BCUT2D eigenvalue weighted by atomic mass is 16.5. The van der Waals surface area contributed by atoms with Gasteiger partial charge in [0.05, 0.1) is 12.7 Å². The number of carbonyl (C=O) groups is 1. The number of para-hydroxylation sites is 1. The number of hydrogen-bond donors (Lipinski definition) is 2. The van der Waals surface area contributed by atoms with Crippen LogP contribution in [0.4, 0.5) is 0 Å². The van der Waals surface area contributed by atoms with Crippen molar-refractivity contribution >= 4 is 16.9 Å². The molecule has 6 nitrogen and oxygen atoms in total. The molecule has 0 bridgehead atoms. The van der Waals surface area contributed by atoms with E-state index in [1.807, 2.05) is 0 Å². The minimum absolute atomic E-state index is 0.00105. The van der Waals surface area contributed by atoms with Crippen molar-refractivity contribution in [2.24, 2.45) is 0 Å². The van der Waals surface area contributed by atoms with E-state index in [0.29, 0.717) is 11.0 Å². The first kappa shape index (κ1) is 14.2. The molecule has 0 fully saturated rings. The van der Waals surface area contributed by atoms with Crippen molar-refractivity contribution in [2.45, 2.75) is 6.10 Å². The van der Waals surface area contributed by atoms with Gasteiger partial charge in [-0.3, -0.25) is 4.79 Å². The largest absolute Gasteiger partial charge is 0.422 e. The van der Waals surface area contributed by atoms with E-state index in [1.54, 1.807) is 24.3 Å². The van der Waals surface area contributed by atoms with Crippen LogP contribution in [0.1, 0.15) is 10.4 Å². The number of aliphatic hydroxyl groups is 1. The lowest BCUT2D eigenvalue weighted by atomic mass is 10.2. The summed E-state index contributed by atoms with van der Waals surface area (Å²) in [6, 6.07) is 8.40. The van der Waals surface area contributed by atoms with Crippen molar-refractivity contribution in [1.29, 1.82) is 0 Å². The highest BCUT2D eigenvalue weighted by molar-refractivity contribution is 5.96. The average molecular weight is 277 g/mol. The Morgan fingerprint density at radius 2 is 2.20 bits per heavy atom. The molecule has 106 valence electrons. The van der Waals surface area contributed by atoms with Crippen LogP contribution in [0.5, 0.6) is 0 Å². The molecule has 2 rings (SSSR count). The highest BCUT2D eigenvalue weighted by Crippen LogP contribution is 2.12. The van der Waals surface area contributed by atoms with Crippen molar-refractivity contribution < 1.29 is 19.1 Å². The molecule has 1 aromatic heterocycles. The lowest BCUT2D eigenvalue weighted by Crippen LogP contribution is -2.36. The van der Waals surface area contributed by atoms with Gasteiger partial charge in [-0.05, 0) is 12.1 Å². The van der Waals surface area contributed by atoms with Gasteiger partial charge in [-0.25, -0.2) is 4.79 Å². The van der Waals surface area contributed by atoms with Crippen molar-refractivity contribution in [2.75, 3.05) is 20.3 Å². The van der Waals surface area contributed by atoms with Gasteiger partial charge in [0.25, 0.3) is 5.91 Å². The normalized spacial score (nSPS) is 12.3. The zero-order chi connectivity index (χ0) is 14.5. The van der Waals surface area contributed by atoms with Crippen molar-refractivity contribution in [3.8, 4) is 0 Å². The number of ether oxygens (including phenoxy) is 1. The van der Waals surface area contributed by atoms with Crippen molar-refractivity contribution in [3.05, 3.63) is 46.3 Å². The van der Waals surface area contributed by atoms with Crippen LogP contribution >= 0.6 is 0 Å². The van der Waals surface area contributed by atoms with Crippen LogP contribution in [0.25, 0.3) is 11.0 Å². The first-order valence-electron chi connectivity index (χ1n) is 6.10. The Morgan fingerprint density at radius 3 is 2.95 bits per heavy atom. The Labute approximate surface area is 115 Å². The Morgan fingerprint density at radius 1 is 1.45 bits per heavy atom. The third-order valence-electron chi connectivity index (χ3n) is 2.74. The standard InChI is InChI=1S/C14H15NO5/c1-19-8-10(16)7-15-13(17)11-6-9-4-2-3-5-12(9)20-14(11)18/h2-6,10,16H,7-8H2,1H3,(H,15,17). The molecule has 0 aliphatic carbocycles. The summed E-state index contributed by atoms with van der Waals surface area (Å²) in [4.78, 5) is 23.6. The Balaban J connectivity index is 2.17. The van der Waals surface area contributed by atoms with E-state index in [4.69, 9.17) is 9.15 Å². The zero-order valence-electron chi connectivity index (χ0n) is 11.0. The predicted octanol–water partition coefficient (Wildman–Crippen LogP) is 0.530. The number of hydrogen-bond acceptors (Lipinski definition) is 5. The lowest BCUT2D eigenvalue weighted by Gasteiger charge is -2.10. The second-order valence-corrected chi connectivity index (χ2v) is 4.30. The lowest BCUT2D eigenvalue weighted by molar-refractivity contribution is 0.0609. The summed E-state index contributed by atoms with van der Waals surface area (Å²) in [5, 5.41) is 12.6. The number of amides is 1. The maximum absolute atomic E-state index is 11.9. The number of carbonyl (C=O) groups excluding carboxylic acids is 1. The molecule has 1 amide bonds. The average Bonchev–Trinajstić information content (AvgIpc) is 2.44. The molecule has 0 radical (unpaired) electrons. The molecular weight excluding hydrogens is 262 g/mol. The molecule has 2 aromatic rings. The minimum Gasteiger partial charge on any atom is -0.422 e. The van der Waals surface area contributed by atoms with Crippen LogP contribution in [0, 0.1) is 0 Å². The summed E-state index contributed by atoms with van der Waals surface area (Å²) in [5.41, 5.74) is -0.371. The Kier molecular flexibility index (Phi) is 4.49. The molecule has 1 aromatic carbocycles. The van der Waals surface area contributed by atoms with E-state index in [-0.39, 0.29) is 18.7 Å². The fourth-order valence-electron chi connectivity index (χ4n) is 1.78. The van der Waals surface area contributed by atoms with Gasteiger partial charge in [-0.15, -0.1) is 0 Å². The minimum atomic E-state index is -0.823. The van der Waals surface area contributed by atoms with E-state index in [9.17, 15) is 14.7 Å². The quantitative estimate of drug-likeness (QED) is 0.778. The summed E-state index contributed by atoms with van der Waals surface area (Å²) < 4.78 is 9.81. The van der Waals surface area contributed by atoms with Gasteiger partial charge >= 0.3 is 5.63 Å². The Hall–Kier alpha value is -2.18. The maximum atomic E-state index is 11.9. The van der Waals surface area contributed by atoms with Crippen molar-refractivity contribution in [1.82, 2.24) is 5.32 Å². The second kappa shape index (κ2) is 6.31. The van der Waals surface area contributed by atoms with Crippen LogP contribution in [0.2, 0.25) is 0 Å². The summed E-state index contributed by atoms with van der Waals surface area (Å²) in [6.45, 7) is 0.103. The zero-order valence-corrected chi connectivity index (χ0v) is 11.0. The number of benzene rings is 1. The second-order valence-electron chi connectivity index (χ2n) is 4.30. The van der Waals surface area contributed by atoms with E-state index < -0.39 is 17.6 Å². The van der Waals surface area contributed by atoms with Crippen molar-refractivity contribution in [3.63, 3.8) is 0 Å². The Bertz CT molecular complexity index is 664. The molecule has 0 saturated carbocycles. The van der Waals surface area contributed by atoms with E-state index in [0.717, 1.165) is 0 Å². The highest BCUT2D eigenvalue weighted by Gasteiger charge is 2.14. The van der Waals surface area contributed by atoms with Crippen LogP contribution in [-0.2, 0) is 4.74 Å². The molecule has 2 N–H and O–H groups in total. The van der Waals surface area contributed by atoms with Crippen LogP contribution < -0.4 is 10.9 Å². The first-order chi connectivity index (χ1) is 9.61. The van der Waals surface area contributed by atoms with E-state index in [1.165, 1.54) is 13.2 Å². The van der Waals surface area contributed by atoms with Gasteiger partial charge in [-0.2, -0.15) is 0 Å². The van der Waals surface area contributed by atoms with Crippen LogP contribution in [-0.4, -0.2) is 37.4 Å². The summed E-state index contributed by atoms with van der Waals surface area (Å²) in [7, 11) is 1.45. The van der Waals surface area contributed by atoms with Gasteiger partial charge in [0.2, 0.25) is 0 Å². The van der Waals surface area contributed by atoms with Gasteiger partial charge in [0.15, 0.2) is 0 Å². The van der Waals surface area contributed by atoms with Crippen LogP contribution in [0.3, 0.4) is 0 Å². The van der Waals surface area contributed by atoms with E-state index >= 15 is 0 Å². The number of nitrogens with one attached hydrogen (secondary N) is 1. The summed E-state index contributed by atoms with van der Waals surface area (Å²) >= 11 is 0. The third kappa shape index (κ3) is 3.23. The van der Waals surface area contributed by atoms with Gasteiger partial charge < -0.3 is 19.6 Å². The SMILES string of the molecule is COCC(O)CNC(=O)c1cc2ccccc2oc1=O. The fraction of sp³-hybridized carbons (Fsp3) is 0.286. The van der Waals surface area contributed by atoms with Gasteiger partial charge in [-0.1, -0.05) is 18.2 Å². The number of fused-ring (bicyclic) bond motifs is 1. The molecule has 0 aliphatic heterocycles. The topological polar surface area (TPSA) is 88.8 Å². The molecule has 6 heteroatoms. The monoisotopic (exact) mass is 277 g/mol. The molecular formula is C14H15NO5. The van der Waals surface area contributed by atoms with Crippen LogP contribution in [0.15, 0.2) is 39.5 Å². The predicted molar refractivity (Wildman–Crippen MR) is 72.7 cm³/mol. The third-order valence-corrected chi connectivity index (χ3v) is 2.74. The molecule has 0 spiro atoms. The number of methoxy groups -OCH3 is 1. The maximum Gasteiger partial charge on any atom is 0.349 e. The van der Waals surface area contributed by atoms with E-state index in [2.05, 4.69) is 5.32 Å². The first-order valence-corrected chi connectivity index (χ1v) is 6.10. The molecule has 0 saturated heterocycles.